The van der Waals surface area contributed by atoms with E-state index in [1.165, 1.54) is 16.3 Å². The highest BCUT2D eigenvalue weighted by Gasteiger charge is 2.06. The van der Waals surface area contributed by atoms with Gasteiger partial charge in [0.1, 0.15) is 0 Å². The number of aliphatic imine (C=N–C) groups is 1. The molecule has 0 saturated carbocycles. The Morgan fingerprint density at radius 3 is 2.61 bits per heavy atom. The number of rotatable bonds is 9. The maximum atomic E-state index is 4.66. The Labute approximate surface area is 145 Å². The van der Waals surface area contributed by atoms with Crippen molar-refractivity contribution in [2.75, 3.05) is 33.2 Å². The molecule has 1 unspecified atom stereocenters. The first kappa shape index (κ1) is 19.9. The number of aromatic nitrogens is 1. The van der Waals surface area contributed by atoms with Crippen molar-refractivity contribution in [2.45, 2.75) is 53.5 Å². The van der Waals surface area contributed by atoms with E-state index in [0.29, 0.717) is 6.04 Å². The molecule has 6 heteroatoms. The zero-order valence-electron chi connectivity index (χ0n) is 15.6. The lowest BCUT2D eigenvalue weighted by molar-refractivity contribution is 0.259. The van der Waals surface area contributed by atoms with Crippen LogP contribution in [0, 0.1) is 13.8 Å². The van der Waals surface area contributed by atoms with Crippen LogP contribution >= 0.6 is 11.3 Å². The molecule has 23 heavy (non-hydrogen) atoms. The highest BCUT2D eigenvalue weighted by Crippen LogP contribution is 2.16. The van der Waals surface area contributed by atoms with Gasteiger partial charge in [0, 0.05) is 37.0 Å². The average Bonchev–Trinajstić information content (AvgIpc) is 2.84. The van der Waals surface area contributed by atoms with E-state index in [1.807, 2.05) is 0 Å². The van der Waals surface area contributed by atoms with Gasteiger partial charge in [-0.25, -0.2) is 4.98 Å². The molecule has 0 aliphatic rings. The van der Waals surface area contributed by atoms with E-state index < -0.39 is 0 Å². The van der Waals surface area contributed by atoms with E-state index in [4.69, 9.17) is 0 Å². The van der Waals surface area contributed by atoms with Gasteiger partial charge in [-0.3, -0.25) is 4.99 Å². The molecule has 1 rings (SSSR count). The number of likely N-dealkylation sites (N-methyl/N-ethyl adjacent to an activating group) is 1. The molecule has 0 fully saturated rings. The number of nitrogens with one attached hydrogen (secondary N) is 2. The van der Waals surface area contributed by atoms with Crippen molar-refractivity contribution in [3.63, 3.8) is 0 Å². The Morgan fingerprint density at radius 1 is 1.30 bits per heavy atom. The van der Waals surface area contributed by atoms with Crippen molar-refractivity contribution >= 4 is 17.3 Å². The van der Waals surface area contributed by atoms with Crippen molar-refractivity contribution < 1.29 is 0 Å². The normalized spacial score (nSPS) is 13.4. The Kier molecular flexibility index (Phi) is 9.17. The minimum atomic E-state index is 0.608. The maximum Gasteiger partial charge on any atom is 0.191 e. The molecule has 0 saturated heterocycles. The second kappa shape index (κ2) is 10.6. The van der Waals surface area contributed by atoms with Crippen LogP contribution in [0.3, 0.4) is 0 Å². The fourth-order valence-electron chi connectivity index (χ4n) is 2.13. The highest BCUT2D eigenvalue weighted by atomic mass is 32.1. The van der Waals surface area contributed by atoms with Gasteiger partial charge in [-0.2, -0.15) is 0 Å². The van der Waals surface area contributed by atoms with Gasteiger partial charge in [0.15, 0.2) is 5.96 Å². The van der Waals surface area contributed by atoms with Gasteiger partial charge >= 0.3 is 0 Å². The molecular weight excluding hydrogens is 306 g/mol. The first-order valence-electron chi connectivity index (χ1n) is 8.63. The molecule has 0 spiro atoms. The lowest BCUT2D eigenvalue weighted by Gasteiger charge is -2.22. The lowest BCUT2D eigenvalue weighted by atomic mass is 10.2. The standard InChI is InChI=1S/C17H33N5S/c1-7-13(3)22(6)12-11-20-17(18-8-2)19-10-9-16-21-14(4)15(5)23-16/h13H,7-12H2,1-6H3,(H2,18,19,20). The zero-order valence-corrected chi connectivity index (χ0v) is 16.4. The molecule has 1 atom stereocenters. The molecular formula is C17H33N5S. The summed E-state index contributed by atoms with van der Waals surface area (Å²) in [6.07, 6.45) is 2.11. The molecule has 1 aromatic heterocycles. The monoisotopic (exact) mass is 339 g/mol. The Hall–Kier alpha value is -1.14. The first-order valence-corrected chi connectivity index (χ1v) is 9.44. The average molecular weight is 340 g/mol. The molecule has 0 aromatic carbocycles. The van der Waals surface area contributed by atoms with E-state index in [9.17, 15) is 0 Å². The molecule has 0 bridgehead atoms. The van der Waals surface area contributed by atoms with Gasteiger partial charge < -0.3 is 15.5 Å². The van der Waals surface area contributed by atoms with Crippen molar-refractivity contribution in [2.24, 2.45) is 4.99 Å². The molecule has 0 amide bonds. The fourth-order valence-corrected chi connectivity index (χ4v) is 3.06. The van der Waals surface area contributed by atoms with Crippen molar-refractivity contribution in [1.82, 2.24) is 20.5 Å². The summed E-state index contributed by atoms with van der Waals surface area (Å²) in [6.45, 7) is 14.3. The van der Waals surface area contributed by atoms with Crippen molar-refractivity contribution in [3.05, 3.63) is 15.6 Å². The van der Waals surface area contributed by atoms with Crippen LogP contribution in [0.15, 0.2) is 4.99 Å². The van der Waals surface area contributed by atoms with E-state index >= 15 is 0 Å². The number of hydrogen-bond acceptors (Lipinski definition) is 4. The number of guanidine groups is 1. The summed E-state index contributed by atoms with van der Waals surface area (Å²) in [7, 11) is 2.16. The van der Waals surface area contributed by atoms with E-state index in [2.05, 4.69) is 67.2 Å². The third-order valence-electron chi connectivity index (χ3n) is 4.11. The largest absolute Gasteiger partial charge is 0.357 e. The first-order chi connectivity index (χ1) is 11.0. The quantitative estimate of drug-likeness (QED) is 0.536. The summed E-state index contributed by atoms with van der Waals surface area (Å²) in [5, 5.41) is 7.90. The predicted molar refractivity (Wildman–Crippen MR) is 102 cm³/mol. The Morgan fingerprint density at radius 2 is 2.04 bits per heavy atom. The second-order valence-corrected chi connectivity index (χ2v) is 7.21. The summed E-state index contributed by atoms with van der Waals surface area (Å²) in [4.78, 5) is 12.9. The van der Waals surface area contributed by atoms with Crippen LogP contribution in [0.2, 0.25) is 0 Å². The van der Waals surface area contributed by atoms with E-state index in [0.717, 1.165) is 44.3 Å². The van der Waals surface area contributed by atoms with Crippen LogP contribution in [0.25, 0.3) is 0 Å². The van der Waals surface area contributed by atoms with E-state index in [1.54, 1.807) is 11.3 Å². The van der Waals surface area contributed by atoms with Gasteiger partial charge in [-0.15, -0.1) is 11.3 Å². The predicted octanol–water partition coefficient (Wildman–Crippen LogP) is 2.59. The van der Waals surface area contributed by atoms with Crippen molar-refractivity contribution in [1.29, 1.82) is 0 Å². The van der Waals surface area contributed by atoms with Gasteiger partial charge in [0.05, 0.1) is 17.2 Å². The summed E-state index contributed by atoms with van der Waals surface area (Å²) in [5.74, 6) is 0.898. The molecule has 2 N–H and O–H groups in total. The summed E-state index contributed by atoms with van der Waals surface area (Å²) in [6, 6.07) is 0.608. The summed E-state index contributed by atoms with van der Waals surface area (Å²) >= 11 is 1.79. The molecule has 5 nitrogen and oxygen atoms in total. The van der Waals surface area contributed by atoms with Crippen LogP contribution < -0.4 is 10.6 Å². The second-order valence-electron chi connectivity index (χ2n) is 5.92. The fraction of sp³-hybridized carbons (Fsp3) is 0.765. The minimum Gasteiger partial charge on any atom is -0.357 e. The van der Waals surface area contributed by atoms with Crippen LogP contribution in [-0.4, -0.2) is 55.1 Å². The zero-order chi connectivity index (χ0) is 17.2. The van der Waals surface area contributed by atoms with Gasteiger partial charge in [-0.1, -0.05) is 6.92 Å². The molecule has 1 aromatic rings. The molecule has 0 radical (unpaired) electrons. The molecule has 1 heterocycles. The molecule has 0 aliphatic carbocycles. The molecule has 132 valence electrons. The Bertz CT molecular complexity index is 464. The topological polar surface area (TPSA) is 52.6 Å². The number of thiazole rings is 1. The summed E-state index contributed by atoms with van der Waals surface area (Å²) in [5.41, 5.74) is 1.15. The maximum absolute atomic E-state index is 4.66. The van der Waals surface area contributed by atoms with Gasteiger partial charge in [0.25, 0.3) is 0 Å². The van der Waals surface area contributed by atoms with E-state index in [-0.39, 0.29) is 0 Å². The van der Waals surface area contributed by atoms with Gasteiger partial charge in [0.2, 0.25) is 0 Å². The number of aryl methyl sites for hydroxylation is 2. The van der Waals surface area contributed by atoms with Gasteiger partial charge in [-0.05, 0) is 41.2 Å². The SMILES string of the molecule is CCNC(=NCCN(C)C(C)CC)NCCc1nc(C)c(C)s1. The van der Waals surface area contributed by atoms with Crippen LogP contribution in [0.1, 0.15) is 42.8 Å². The van der Waals surface area contributed by atoms with Crippen LogP contribution in [-0.2, 0) is 6.42 Å². The third kappa shape index (κ3) is 7.31. The Balaban J connectivity index is 2.39. The third-order valence-corrected chi connectivity index (χ3v) is 5.25. The minimum absolute atomic E-state index is 0.608. The molecule has 0 aliphatic heterocycles. The smallest absolute Gasteiger partial charge is 0.191 e. The van der Waals surface area contributed by atoms with Crippen molar-refractivity contribution in [3.8, 4) is 0 Å². The lowest BCUT2D eigenvalue weighted by Crippen LogP contribution is -2.39. The number of hydrogen-bond donors (Lipinski definition) is 2. The number of nitrogens with zero attached hydrogens (tertiary/aromatic N) is 3. The summed E-state index contributed by atoms with van der Waals surface area (Å²) < 4.78 is 0. The highest BCUT2D eigenvalue weighted by molar-refractivity contribution is 7.11. The van der Waals surface area contributed by atoms with Crippen LogP contribution in [0.5, 0.6) is 0 Å². The van der Waals surface area contributed by atoms with Crippen LogP contribution in [0.4, 0.5) is 0 Å².